The minimum absolute atomic E-state index is 0.0483. The van der Waals surface area contributed by atoms with E-state index in [4.69, 9.17) is 0 Å². The second-order valence-corrected chi connectivity index (χ2v) is 8.74. The Kier molecular flexibility index (Phi) is 2.91. The predicted octanol–water partition coefficient (Wildman–Crippen LogP) is 4.70. The van der Waals surface area contributed by atoms with Crippen molar-refractivity contribution in [3.63, 3.8) is 0 Å². The lowest BCUT2D eigenvalue weighted by molar-refractivity contribution is -0.0450. The van der Waals surface area contributed by atoms with Gasteiger partial charge in [0.1, 0.15) is 0 Å². The van der Waals surface area contributed by atoms with Crippen LogP contribution < -0.4 is 0 Å². The molecule has 1 heteroatoms. The van der Waals surface area contributed by atoms with Crippen molar-refractivity contribution in [2.75, 3.05) is 0 Å². The van der Waals surface area contributed by atoms with Gasteiger partial charge in [-0.25, -0.2) is 0 Å². The molecule has 0 spiro atoms. The zero-order valence-corrected chi connectivity index (χ0v) is 13.2. The fraction of sp³-hybridized carbons (Fsp3) is 0.895. The van der Waals surface area contributed by atoms with Crippen molar-refractivity contribution in [3.8, 4) is 0 Å². The summed E-state index contributed by atoms with van der Waals surface area (Å²) in [5.41, 5.74) is 2.67. The third-order valence-corrected chi connectivity index (χ3v) is 7.81. The maximum absolute atomic E-state index is 10.2. The van der Waals surface area contributed by atoms with Crippen molar-refractivity contribution in [2.45, 2.75) is 77.7 Å². The van der Waals surface area contributed by atoms with Crippen molar-refractivity contribution < 1.29 is 5.11 Å². The molecule has 1 N–H and O–H groups in total. The van der Waals surface area contributed by atoms with E-state index in [-0.39, 0.29) is 6.10 Å². The third kappa shape index (κ3) is 1.71. The van der Waals surface area contributed by atoms with Crippen LogP contribution in [-0.2, 0) is 0 Å². The first kappa shape index (κ1) is 13.4. The lowest BCUT2D eigenvalue weighted by atomic mass is 9.48. The Morgan fingerprint density at radius 1 is 1.10 bits per heavy atom. The molecular formula is C19H30O. The van der Waals surface area contributed by atoms with Crippen molar-refractivity contribution in [2.24, 2.45) is 28.6 Å². The number of aliphatic hydroxyl groups excluding tert-OH is 1. The normalized spacial score (nSPS) is 54.6. The summed E-state index contributed by atoms with van der Waals surface area (Å²) in [7, 11) is 0. The van der Waals surface area contributed by atoms with Crippen molar-refractivity contribution in [1.82, 2.24) is 0 Å². The number of allylic oxidation sites excluding steroid dienone is 2. The fourth-order valence-electron chi connectivity index (χ4n) is 6.73. The van der Waals surface area contributed by atoms with Crippen LogP contribution in [0.2, 0.25) is 0 Å². The highest BCUT2D eigenvalue weighted by Crippen LogP contribution is 2.64. The summed E-state index contributed by atoms with van der Waals surface area (Å²) in [6.07, 6.45) is 14.3. The number of hydrogen-bond donors (Lipinski definition) is 1. The van der Waals surface area contributed by atoms with Gasteiger partial charge in [-0.05, 0) is 80.0 Å². The van der Waals surface area contributed by atoms with E-state index in [1.54, 1.807) is 5.57 Å². The van der Waals surface area contributed by atoms with E-state index in [0.29, 0.717) is 10.8 Å². The molecule has 20 heavy (non-hydrogen) atoms. The summed E-state index contributed by atoms with van der Waals surface area (Å²) < 4.78 is 0. The average molecular weight is 274 g/mol. The Morgan fingerprint density at radius 3 is 2.80 bits per heavy atom. The number of hydrogen-bond acceptors (Lipinski definition) is 1. The van der Waals surface area contributed by atoms with E-state index >= 15 is 0 Å². The minimum Gasteiger partial charge on any atom is -0.393 e. The SMILES string of the molecule is C[C@@]12CCC[C@H]1[C@@H]1CC=C3CCC(O)C[C@]3(C)[C@H]1CC2. The second-order valence-electron chi connectivity index (χ2n) is 8.74. The lowest BCUT2D eigenvalue weighted by Gasteiger charge is -2.57. The monoisotopic (exact) mass is 274 g/mol. The molecule has 0 aliphatic heterocycles. The van der Waals surface area contributed by atoms with Gasteiger partial charge in [-0.15, -0.1) is 0 Å². The summed E-state index contributed by atoms with van der Waals surface area (Å²) in [4.78, 5) is 0. The van der Waals surface area contributed by atoms with Gasteiger partial charge < -0.3 is 5.11 Å². The van der Waals surface area contributed by atoms with E-state index < -0.39 is 0 Å². The number of rotatable bonds is 0. The van der Waals surface area contributed by atoms with Crippen LogP contribution in [0.4, 0.5) is 0 Å². The van der Waals surface area contributed by atoms with E-state index in [0.717, 1.165) is 37.0 Å². The van der Waals surface area contributed by atoms with Gasteiger partial charge in [0.25, 0.3) is 0 Å². The summed E-state index contributed by atoms with van der Waals surface area (Å²) in [5.74, 6) is 2.74. The molecule has 4 rings (SSSR count). The summed E-state index contributed by atoms with van der Waals surface area (Å²) in [6, 6.07) is 0. The smallest absolute Gasteiger partial charge is 0.0551 e. The topological polar surface area (TPSA) is 20.2 Å². The second kappa shape index (κ2) is 4.35. The summed E-state index contributed by atoms with van der Waals surface area (Å²) in [6.45, 7) is 5.05. The molecule has 1 nitrogen and oxygen atoms in total. The van der Waals surface area contributed by atoms with Crippen molar-refractivity contribution in [1.29, 1.82) is 0 Å². The lowest BCUT2D eigenvalue weighted by Crippen LogP contribution is -2.49. The van der Waals surface area contributed by atoms with E-state index in [9.17, 15) is 5.11 Å². The molecule has 4 aliphatic carbocycles. The molecule has 4 aliphatic rings. The average Bonchev–Trinajstić information content (AvgIpc) is 2.79. The van der Waals surface area contributed by atoms with Crippen LogP contribution in [0.25, 0.3) is 0 Å². The van der Waals surface area contributed by atoms with Gasteiger partial charge >= 0.3 is 0 Å². The van der Waals surface area contributed by atoms with Crippen LogP contribution >= 0.6 is 0 Å². The molecule has 0 radical (unpaired) electrons. The molecular weight excluding hydrogens is 244 g/mol. The molecule has 0 saturated heterocycles. The highest BCUT2D eigenvalue weighted by Gasteiger charge is 2.55. The van der Waals surface area contributed by atoms with Crippen LogP contribution in [0.5, 0.6) is 0 Å². The fourth-order valence-corrected chi connectivity index (χ4v) is 6.73. The molecule has 0 amide bonds. The Bertz CT molecular complexity index is 439. The highest BCUT2D eigenvalue weighted by atomic mass is 16.3. The highest BCUT2D eigenvalue weighted by molar-refractivity contribution is 5.24. The summed E-state index contributed by atoms with van der Waals surface area (Å²) in [5, 5.41) is 10.2. The van der Waals surface area contributed by atoms with Crippen molar-refractivity contribution in [3.05, 3.63) is 11.6 Å². The molecule has 0 aromatic rings. The van der Waals surface area contributed by atoms with Crippen LogP contribution in [0, 0.1) is 28.6 Å². The number of fused-ring (bicyclic) bond motifs is 5. The molecule has 0 heterocycles. The van der Waals surface area contributed by atoms with Crippen LogP contribution in [0.15, 0.2) is 11.6 Å². The van der Waals surface area contributed by atoms with Gasteiger partial charge in [0.2, 0.25) is 0 Å². The van der Waals surface area contributed by atoms with E-state index in [1.807, 2.05) is 0 Å². The van der Waals surface area contributed by atoms with Crippen LogP contribution in [-0.4, -0.2) is 11.2 Å². The molecule has 6 atom stereocenters. The zero-order valence-electron chi connectivity index (χ0n) is 13.2. The third-order valence-electron chi connectivity index (χ3n) is 7.81. The van der Waals surface area contributed by atoms with Gasteiger partial charge in [-0.2, -0.15) is 0 Å². The molecule has 0 bridgehead atoms. The number of aliphatic hydroxyl groups is 1. The van der Waals surface area contributed by atoms with Crippen molar-refractivity contribution >= 4 is 0 Å². The zero-order chi connectivity index (χ0) is 14.0. The van der Waals surface area contributed by atoms with Crippen LogP contribution in [0.3, 0.4) is 0 Å². The predicted molar refractivity (Wildman–Crippen MR) is 82.3 cm³/mol. The maximum atomic E-state index is 10.2. The van der Waals surface area contributed by atoms with Gasteiger partial charge in [0.05, 0.1) is 6.10 Å². The first-order chi connectivity index (χ1) is 9.53. The molecule has 3 saturated carbocycles. The van der Waals surface area contributed by atoms with E-state index in [1.165, 1.54) is 38.5 Å². The largest absolute Gasteiger partial charge is 0.393 e. The van der Waals surface area contributed by atoms with E-state index in [2.05, 4.69) is 19.9 Å². The minimum atomic E-state index is -0.0483. The molecule has 0 aromatic heterocycles. The Hall–Kier alpha value is -0.300. The Labute approximate surface area is 123 Å². The first-order valence-corrected chi connectivity index (χ1v) is 8.90. The molecule has 1 unspecified atom stereocenters. The molecule has 3 fully saturated rings. The Morgan fingerprint density at radius 2 is 1.95 bits per heavy atom. The van der Waals surface area contributed by atoms with Gasteiger partial charge in [0, 0.05) is 0 Å². The molecule has 0 aromatic carbocycles. The summed E-state index contributed by atoms with van der Waals surface area (Å²) >= 11 is 0. The van der Waals surface area contributed by atoms with Crippen LogP contribution in [0.1, 0.15) is 71.6 Å². The van der Waals surface area contributed by atoms with Gasteiger partial charge in [0.15, 0.2) is 0 Å². The quantitative estimate of drug-likeness (QED) is 0.635. The first-order valence-electron chi connectivity index (χ1n) is 8.90. The van der Waals surface area contributed by atoms with Gasteiger partial charge in [-0.3, -0.25) is 0 Å². The Balaban J connectivity index is 1.69. The van der Waals surface area contributed by atoms with Gasteiger partial charge in [-0.1, -0.05) is 31.9 Å². The molecule has 112 valence electrons. The maximum Gasteiger partial charge on any atom is 0.0551 e. The standard InChI is InChI=1S/C19H30O/c1-18-10-3-4-16(18)15-8-6-13-5-7-14(20)12-19(13,2)17(15)9-11-18/h6,14-17,20H,3-5,7-12H2,1-2H3/t14?,15-,16-,17-,18-,19-/m0/s1.